The average Bonchev–Trinajstić information content (AvgIpc) is 2.46. The summed E-state index contributed by atoms with van der Waals surface area (Å²) in [5, 5.41) is 4.71. The summed E-state index contributed by atoms with van der Waals surface area (Å²) < 4.78 is 2.24. The smallest absolute Gasteiger partial charge is 0.0680 e. The van der Waals surface area contributed by atoms with E-state index in [-0.39, 0.29) is 5.41 Å². The summed E-state index contributed by atoms with van der Waals surface area (Å²) in [5.74, 6) is 0. The Balaban J connectivity index is 1.94. The van der Waals surface area contributed by atoms with Crippen molar-refractivity contribution in [2.24, 2.45) is 5.41 Å². The second-order valence-electron chi connectivity index (χ2n) is 6.11. The summed E-state index contributed by atoms with van der Waals surface area (Å²) in [6.07, 6.45) is 4.11. The van der Waals surface area contributed by atoms with E-state index >= 15 is 0 Å². The number of hydrogen-bond acceptors (Lipinski definition) is 1. The van der Waals surface area contributed by atoms with Gasteiger partial charge in [0.25, 0.3) is 0 Å². The minimum atomic E-state index is 0.202. The van der Waals surface area contributed by atoms with Crippen molar-refractivity contribution in [2.75, 3.05) is 0 Å². The molecule has 1 saturated carbocycles. The van der Waals surface area contributed by atoms with Gasteiger partial charge in [-0.3, -0.25) is 4.68 Å². The number of aromatic nitrogens is 2. The highest BCUT2D eigenvalue weighted by atomic mass is 15.3. The highest BCUT2D eigenvalue weighted by Gasteiger charge is 2.48. The fraction of sp³-hybridized carbons (Fsp3) is 0.750. The van der Waals surface area contributed by atoms with Crippen LogP contribution >= 0.6 is 0 Å². The molecule has 0 atom stereocenters. The van der Waals surface area contributed by atoms with Crippen LogP contribution in [0.5, 0.6) is 0 Å². The fourth-order valence-corrected chi connectivity index (χ4v) is 2.37. The Kier molecular flexibility index (Phi) is 1.36. The summed E-state index contributed by atoms with van der Waals surface area (Å²) in [5.41, 5.74) is 3.57. The van der Waals surface area contributed by atoms with Crippen LogP contribution < -0.4 is 0 Å². The highest BCUT2D eigenvalue weighted by molar-refractivity contribution is 5.23. The largest absolute Gasteiger partial charge is 0.269 e. The van der Waals surface area contributed by atoms with E-state index in [9.17, 15) is 0 Å². The van der Waals surface area contributed by atoms with Gasteiger partial charge in [0.1, 0.15) is 0 Å². The van der Waals surface area contributed by atoms with Crippen molar-refractivity contribution in [2.45, 2.75) is 52.0 Å². The molecule has 1 fully saturated rings. The van der Waals surface area contributed by atoms with Gasteiger partial charge in [0.2, 0.25) is 0 Å². The molecule has 1 aliphatic heterocycles. The standard InChI is InChI=1S/C12H18N2/c1-11(2,3)10-6-9-7-12(4-5-12)8-14(9)13-10/h6H,4-5,7-8H2,1-3H3. The zero-order valence-corrected chi connectivity index (χ0v) is 9.30. The normalized spacial score (nSPS) is 22.8. The molecule has 2 heterocycles. The summed E-state index contributed by atoms with van der Waals surface area (Å²) in [4.78, 5) is 0. The Hall–Kier alpha value is -0.790. The Morgan fingerprint density at radius 3 is 2.57 bits per heavy atom. The third kappa shape index (κ3) is 1.13. The molecular formula is C12H18N2. The van der Waals surface area contributed by atoms with Crippen molar-refractivity contribution in [3.8, 4) is 0 Å². The van der Waals surface area contributed by atoms with E-state index in [0.717, 1.165) is 0 Å². The maximum atomic E-state index is 4.71. The molecule has 0 radical (unpaired) electrons. The quantitative estimate of drug-likeness (QED) is 0.614. The second kappa shape index (κ2) is 2.23. The molecule has 2 aliphatic rings. The van der Waals surface area contributed by atoms with Gasteiger partial charge < -0.3 is 0 Å². The van der Waals surface area contributed by atoms with E-state index in [4.69, 9.17) is 5.10 Å². The topological polar surface area (TPSA) is 17.8 Å². The van der Waals surface area contributed by atoms with Crippen molar-refractivity contribution in [1.82, 2.24) is 9.78 Å². The van der Waals surface area contributed by atoms with Crippen molar-refractivity contribution < 1.29 is 0 Å². The molecule has 0 bridgehead atoms. The predicted molar refractivity (Wildman–Crippen MR) is 56.3 cm³/mol. The van der Waals surface area contributed by atoms with E-state index in [2.05, 4.69) is 31.5 Å². The van der Waals surface area contributed by atoms with E-state index in [1.165, 1.54) is 37.2 Å². The highest BCUT2D eigenvalue weighted by Crippen LogP contribution is 2.53. The van der Waals surface area contributed by atoms with Crippen molar-refractivity contribution in [3.63, 3.8) is 0 Å². The van der Waals surface area contributed by atoms with E-state index in [1.807, 2.05) is 0 Å². The van der Waals surface area contributed by atoms with Gasteiger partial charge >= 0.3 is 0 Å². The maximum absolute atomic E-state index is 4.71. The molecule has 1 aromatic rings. The first-order chi connectivity index (χ1) is 6.49. The van der Waals surface area contributed by atoms with Crippen LogP contribution in [0.15, 0.2) is 6.07 Å². The second-order valence-corrected chi connectivity index (χ2v) is 6.11. The Morgan fingerprint density at radius 1 is 1.36 bits per heavy atom. The molecule has 2 nitrogen and oxygen atoms in total. The first-order valence-electron chi connectivity index (χ1n) is 5.56. The zero-order valence-electron chi connectivity index (χ0n) is 9.30. The Morgan fingerprint density at radius 2 is 2.07 bits per heavy atom. The van der Waals surface area contributed by atoms with E-state index < -0.39 is 0 Å². The van der Waals surface area contributed by atoms with Gasteiger partial charge in [-0.2, -0.15) is 5.10 Å². The van der Waals surface area contributed by atoms with Gasteiger partial charge in [-0.25, -0.2) is 0 Å². The lowest BCUT2D eigenvalue weighted by molar-refractivity contribution is 0.456. The molecule has 1 aromatic heterocycles. The number of fused-ring (bicyclic) bond motifs is 1. The van der Waals surface area contributed by atoms with E-state index in [0.29, 0.717) is 5.41 Å². The van der Waals surface area contributed by atoms with Crippen LogP contribution in [0, 0.1) is 5.41 Å². The van der Waals surface area contributed by atoms with Gasteiger partial charge in [-0.15, -0.1) is 0 Å². The van der Waals surface area contributed by atoms with Crippen LogP contribution in [0.4, 0.5) is 0 Å². The molecule has 1 aliphatic carbocycles. The predicted octanol–water partition coefficient (Wildman–Crippen LogP) is 2.52. The van der Waals surface area contributed by atoms with Crippen LogP contribution in [0.25, 0.3) is 0 Å². The van der Waals surface area contributed by atoms with Crippen LogP contribution in [0.3, 0.4) is 0 Å². The average molecular weight is 190 g/mol. The first kappa shape index (κ1) is 8.51. The molecule has 0 aromatic carbocycles. The van der Waals surface area contributed by atoms with E-state index in [1.54, 1.807) is 0 Å². The molecule has 76 valence electrons. The zero-order chi connectivity index (χ0) is 9.97. The minimum Gasteiger partial charge on any atom is -0.269 e. The van der Waals surface area contributed by atoms with Gasteiger partial charge in [-0.1, -0.05) is 20.8 Å². The molecular weight excluding hydrogens is 172 g/mol. The summed E-state index contributed by atoms with van der Waals surface area (Å²) in [6, 6.07) is 2.31. The monoisotopic (exact) mass is 190 g/mol. The van der Waals surface area contributed by atoms with Crippen LogP contribution in [-0.2, 0) is 18.4 Å². The fourth-order valence-electron chi connectivity index (χ4n) is 2.37. The number of rotatable bonds is 0. The molecule has 3 rings (SSSR count). The molecule has 0 saturated heterocycles. The summed E-state index contributed by atoms with van der Waals surface area (Å²) in [7, 11) is 0. The minimum absolute atomic E-state index is 0.202. The first-order valence-corrected chi connectivity index (χ1v) is 5.56. The lowest BCUT2D eigenvalue weighted by Gasteiger charge is -2.15. The SMILES string of the molecule is CC(C)(C)c1cc2n(n1)CC1(CC1)C2. The summed E-state index contributed by atoms with van der Waals surface area (Å²) >= 11 is 0. The van der Waals surface area contributed by atoms with Crippen molar-refractivity contribution in [1.29, 1.82) is 0 Å². The third-order valence-electron chi connectivity index (χ3n) is 3.63. The molecule has 0 amide bonds. The van der Waals surface area contributed by atoms with Gasteiger partial charge in [0.15, 0.2) is 0 Å². The summed E-state index contributed by atoms with van der Waals surface area (Å²) in [6.45, 7) is 7.88. The third-order valence-corrected chi connectivity index (χ3v) is 3.63. The van der Waals surface area contributed by atoms with Gasteiger partial charge in [-0.05, 0) is 30.7 Å². The van der Waals surface area contributed by atoms with Crippen molar-refractivity contribution in [3.05, 3.63) is 17.5 Å². The lowest BCUT2D eigenvalue weighted by atomic mass is 9.91. The van der Waals surface area contributed by atoms with Crippen LogP contribution in [0.1, 0.15) is 45.0 Å². The molecule has 1 spiro atoms. The lowest BCUT2D eigenvalue weighted by Crippen LogP contribution is -2.14. The number of nitrogens with zero attached hydrogens (tertiary/aromatic N) is 2. The number of hydrogen-bond donors (Lipinski definition) is 0. The molecule has 2 heteroatoms. The molecule has 0 N–H and O–H groups in total. The van der Waals surface area contributed by atoms with Crippen LogP contribution in [-0.4, -0.2) is 9.78 Å². The van der Waals surface area contributed by atoms with Gasteiger partial charge in [0.05, 0.1) is 5.69 Å². The maximum Gasteiger partial charge on any atom is 0.0680 e. The molecule has 0 unspecified atom stereocenters. The van der Waals surface area contributed by atoms with Gasteiger partial charge in [0, 0.05) is 17.7 Å². The Labute approximate surface area is 85.3 Å². The van der Waals surface area contributed by atoms with Crippen LogP contribution in [0.2, 0.25) is 0 Å². The van der Waals surface area contributed by atoms with Crippen molar-refractivity contribution >= 4 is 0 Å². The Bertz CT molecular complexity index is 352. The molecule has 14 heavy (non-hydrogen) atoms.